The first kappa shape index (κ1) is 12.6. The van der Waals surface area contributed by atoms with E-state index in [-0.39, 0.29) is 6.04 Å². The molecule has 1 N–H and O–H groups in total. The van der Waals surface area contributed by atoms with Crippen molar-refractivity contribution in [3.63, 3.8) is 0 Å². The molecule has 4 heteroatoms. The van der Waals surface area contributed by atoms with Crippen LogP contribution in [0.4, 0.5) is 0 Å². The molecule has 0 fully saturated rings. The van der Waals surface area contributed by atoms with E-state index in [0.29, 0.717) is 6.61 Å². The predicted octanol–water partition coefficient (Wildman–Crippen LogP) is 3.09. The second-order valence-electron chi connectivity index (χ2n) is 4.68. The van der Waals surface area contributed by atoms with Crippen LogP contribution in [0.3, 0.4) is 0 Å². The zero-order chi connectivity index (χ0) is 13.2. The van der Waals surface area contributed by atoms with Crippen LogP contribution in [0, 0.1) is 6.92 Å². The molecular weight excluding hydrogens is 256 g/mol. The molecule has 0 saturated carbocycles. The first-order valence-electron chi connectivity index (χ1n) is 6.70. The van der Waals surface area contributed by atoms with Crippen LogP contribution in [0.25, 0.3) is 0 Å². The lowest BCUT2D eigenvalue weighted by Crippen LogP contribution is -2.29. The number of ether oxygens (including phenoxy) is 1. The summed E-state index contributed by atoms with van der Waals surface area (Å²) in [5, 5.41) is 4.74. The van der Waals surface area contributed by atoms with Crippen LogP contribution in [0.15, 0.2) is 24.3 Å². The Morgan fingerprint density at radius 2 is 2.16 bits per heavy atom. The Morgan fingerprint density at radius 3 is 2.89 bits per heavy atom. The van der Waals surface area contributed by atoms with Crippen molar-refractivity contribution in [1.82, 2.24) is 10.3 Å². The number of benzene rings is 1. The minimum atomic E-state index is 0.283. The highest BCUT2D eigenvalue weighted by Crippen LogP contribution is 2.33. The third kappa shape index (κ3) is 2.51. The lowest BCUT2D eigenvalue weighted by atomic mass is 10.00. The number of hydrogen-bond acceptors (Lipinski definition) is 4. The summed E-state index contributed by atoms with van der Waals surface area (Å²) in [6.45, 7) is 5.79. The van der Waals surface area contributed by atoms with E-state index < -0.39 is 0 Å². The number of nitrogens with one attached hydrogen (secondary N) is 1. The van der Waals surface area contributed by atoms with Gasteiger partial charge in [-0.25, -0.2) is 4.98 Å². The van der Waals surface area contributed by atoms with E-state index >= 15 is 0 Å². The van der Waals surface area contributed by atoms with Crippen LogP contribution in [0.1, 0.15) is 34.1 Å². The number of fused-ring (bicyclic) bond motifs is 1. The van der Waals surface area contributed by atoms with Crippen LogP contribution >= 0.6 is 11.3 Å². The largest absolute Gasteiger partial charge is 0.494 e. The van der Waals surface area contributed by atoms with Crippen molar-refractivity contribution in [3.8, 4) is 5.75 Å². The second kappa shape index (κ2) is 5.31. The van der Waals surface area contributed by atoms with Gasteiger partial charge in [-0.15, -0.1) is 11.3 Å². The van der Waals surface area contributed by atoms with Gasteiger partial charge in [-0.05, 0) is 31.5 Å². The summed E-state index contributed by atoms with van der Waals surface area (Å²) in [4.78, 5) is 6.00. The molecule has 0 saturated heterocycles. The monoisotopic (exact) mass is 274 g/mol. The van der Waals surface area contributed by atoms with E-state index in [9.17, 15) is 0 Å². The smallest absolute Gasteiger partial charge is 0.119 e. The number of hydrogen-bond donors (Lipinski definition) is 1. The highest BCUT2D eigenvalue weighted by molar-refractivity contribution is 7.11. The lowest BCUT2D eigenvalue weighted by Gasteiger charge is -2.23. The maximum atomic E-state index is 5.49. The average Bonchev–Trinajstić information content (AvgIpc) is 2.80. The normalized spacial score (nSPS) is 18.1. The van der Waals surface area contributed by atoms with Crippen molar-refractivity contribution >= 4 is 11.3 Å². The van der Waals surface area contributed by atoms with Crippen LogP contribution < -0.4 is 10.1 Å². The summed E-state index contributed by atoms with van der Waals surface area (Å²) in [6, 6.07) is 8.66. The standard InChI is InChI=1S/C15H18N2OS/c1-3-18-12-6-4-11(5-7-12)14-15-13(8-9-16-14)17-10(2)19-15/h4-7,14,16H,3,8-9H2,1-2H3. The molecule has 19 heavy (non-hydrogen) atoms. The summed E-state index contributed by atoms with van der Waals surface area (Å²) in [6.07, 6.45) is 1.03. The van der Waals surface area contributed by atoms with Gasteiger partial charge < -0.3 is 10.1 Å². The summed E-state index contributed by atoms with van der Waals surface area (Å²) in [5.41, 5.74) is 2.55. The molecule has 100 valence electrons. The van der Waals surface area contributed by atoms with E-state index in [1.807, 2.05) is 19.1 Å². The Bertz CT molecular complexity index is 562. The Kier molecular flexibility index (Phi) is 3.53. The molecule has 1 aliphatic heterocycles. The highest BCUT2D eigenvalue weighted by Gasteiger charge is 2.24. The van der Waals surface area contributed by atoms with Crippen molar-refractivity contribution in [2.45, 2.75) is 26.3 Å². The van der Waals surface area contributed by atoms with Gasteiger partial charge in [0, 0.05) is 17.8 Å². The lowest BCUT2D eigenvalue weighted by molar-refractivity contribution is 0.340. The fourth-order valence-electron chi connectivity index (χ4n) is 2.51. The third-order valence-electron chi connectivity index (χ3n) is 3.33. The molecule has 1 aromatic heterocycles. The Morgan fingerprint density at radius 1 is 1.37 bits per heavy atom. The van der Waals surface area contributed by atoms with Gasteiger partial charge in [-0.3, -0.25) is 0 Å². The molecule has 1 aliphatic rings. The SMILES string of the molecule is CCOc1ccc(C2NCCc3nc(C)sc32)cc1. The zero-order valence-electron chi connectivity index (χ0n) is 11.3. The molecule has 3 rings (SSSR count). The van der Waals surface area contributed by atoms with Gasteiger partial charge in [0.05, 0.1) is 23.4 Å². The van der Waals surface area contributed by atoms with Gasteiger partial charge in [0.1, 0.15) is 5.75 Å². The van der Waals surface area contributed by atoms with Gasteiger partial charge >= 0.3 is 0 Å². The Balaban J connectivity index is 1.90. The maximum absolute atomic E-state index is 5.49. The van der Waals surface area contributed by atoms with Gasteiger partial charge in [-0.2, -0.15) is 0 Å². The summed E-state index contributed by atoms with van der Waals surface area (Å²) >= 11 is 1.80. The average molecular weight is 274 g/mol. The van der Waals surface area contributed by atoms with E-state index in [1.54, 1.807) is 11.3 Å². The van der Waals surface area contributed by atoms with E-state index in [0.717, 1.165) is 23.7 Å². The first-order chi connectivity index (χ1) is 9.28. The van der Waals surface area contributed by atoms with E-state index in [4.69, 9.17) is 4.74 Å². The predicted molar refractivity (Wildman–Crippen MR) is 78.0 cm³/mol. The fourth-order valence-corrected chi connectivity index (χ4v) is 3.59. The Labute approximate surface area is 117 Å². The second-order valence-corrected chi connectivity index (χ2v) is 5.92. The van der Waals surface area contributed by atoms with Crippen LogP contribution in [0.2, 0.25) is 0 Å². The number of rotatable bonds is 3. The van der Waals surface area contributed by atoms with Crippen LogP contribution in [0.5, 0.6) is 5.75 Å². The third-order valence-corrected chi connectivity index (χ3v) is 4.41. The molecule has 1 aromatic carbocycles. The zero-order valence-corrected chi connectivity index (χ0v) is 12.1. The van der Waals surface area contributed by atoms with Crippen molar-refractivity contribution in [1.29, 1.82) is 0 Å². The molecule has 1 atom stereocenters. The van der Waals surface area contributed by atoms with Crippen molar-refractivity contribution < 1.29 is 4.74 Å². The minimum Gasteiger partial charge on any atom is -0.494 e. The number of nitrogens with zero attached hydrogens (tertiary/aromatic N) is 1. The molecule has 0 spiro atoms. The number of aryl methyl sites for hydroxylation is 1. The highest BCUT2D eigenvalue weighted by atomic mass is 32.1. The molecule has 1 unspecified atom stereocenters. The summed E-state index contributed by atoms with van der Waals surface area (Å²) in [7, 11) is 0. The van der Waals surface area contributed by atoms with Gasteiger partial charge in [-0.1, -0.05) is 12.1 Å². The van der Waals surface area contributed by atoms with E-state index in [2.05, 4.69) is 29.4 Å². The molecule has 2 heterocycles. The molecule has 0 amide bonds. The number of aromatic nitrogens is 1. The quantitative estimate of drug-likeness (QED) is 0.934. The Hall–Kier alpha value is -1.39. The summed E-state index contributed by atoms with van der Waals surface area (Å²) < 4.78 is 5.49. The molecule has 3 nitrogen and oxygen atoms in total. The molecule has 2 aromatic rings. The molecule has 0 radical (unpaired) electrons. The molecule has 0 aliphatic carbocycles. The topological polar surface area (TPSA) is 34.1 Å². The van der Waals surface area contributed by atoms with E-state index in [1.165, 1.54) is 16.1 Å². The van der Waals surface area contributed by atoms with Crippen molar-refractivity contribution in [2.75, 3.05) is 13.2 Å². The van der Waals surface area contributed by atoms with Crippen molar-refractivity contribution in [3.05, 3.63) is 45.4 Å². The fraction of sp³-hybridized carbons (Fsp3) is 0.400. The van der Waals surface area contributed by atoms with Gasteiger partial charge in [0.25, 0.3) is 0 Å². The van der Waals surface area contributed by atoms with Crippen LogP contribution in [-0.2, 0) is 6.42 Å². The van der Waals surface area contributed by atoms with Crippen LogP contribution in [-0.4, -0.2) is 18.1 Å². The number of thiazole rings is 1. The molecular formula is C15H18N2OS. The van der Waals surface area contributed by atoms with Crippen molar-refractivity contribution in [2.24, 2.45) is 0 Å². The van der Waals surface area contributed by atoms with Gasteiger partial charge in [0.2, 0.25) is 0 Å². The first-order valence-corrected chi connectivity index (χ1v) is 7.52. The maximum Gasteiger partial charge on any atom is 0.119 e. The minimum absolute atomic E-state index is 0.283. The molecule has 0 bridgehead atoms. The van der Waals surface area contributed by atoms with Gasteiger partial charge in [0.15, 0.2) is 0 Å². The summed E-state index contributed by atoms with van der Waals surface area (Å²) in [5.74, 6) is 0.933.